The molecule has 5 heteroatoms. The van der Waals surface area contributed by atoms with E-state index in [1.54, 1.807) is 0 Å². The van der Waals surface area contributed by atoms with Crippen LogP contribution in [0.25, 0.3) is 11.1 Å². The van der Waals surface area contributed by atoms with E-state index in [2.05, 4.69) is 206 Å². The molecule has 0 unspecified atom stereocenters. The molecule has 2 aliphatic heterocycles. The van der Waals surface area contributed by atoms with Crippen LogP contribution in [0.15, 0.2) is 188 Å². The molecule has 0 saturated heterocycles. The predicted molar refractivity (Wildman–Crippen MR) is 231 cm³/mol. The van der Waals surface area contributed by atoms with Gasteiger partial charge in [-0.2, -0.15) is 0 Å². The van der Waals surface area contributed by atoms with Crippen LogP contribution in [-0.2, 0) is 5.41 Å². The number of para-hydroxylation sites is 4. The van der Waals surface area contributed by atoms with Crippen molar-refractivity contribution in [2.45, 2.75) is 19.3 Å². The fraction of sp³-hybridized carbons (Fsp3) is 0.0588. The van der Waals surface area contributed by atoms with Gasteiger partial charge in [0.15, 0.2) is 0 Å². The van der Waals surface area contributed by atoms with Crippen molar-refractivity contribution in [1.29, 1.82) is 0 Å². The van der Waals surface area contributed by atoms with Gasteiger partial charge in [0.1, 0.15) is 23.0 Å². The molecule has 266 valence electrons. The van der Waals surface area contributed by atoms with Gasteiger partial charge in [-0.15, -0.1) is 0 Å². The third kappa shape index (κ3) is 5.01. The Labute approximate surface area is 327 Å². The first-order valence-electron chi connectivity index (χ1n) is 19.3. The molecule has 0 atom stereocenters. The first-order chi connectivity index (χ1) is 27.5. The van der Waals surface area contributed by atoms with Crippen LogP contribution in [0, 0.1) is 0 Å². The van der Waals surface area contributed by atoms with Gasteiger partial charge in [-0.05, 0) is 118 Å². The summed E-state index contributed by atoms with van der Waals surface area (Å²) in [6.07, 6.45) is 0. The van der Waals surface area contributed by atoms with Gasteiger partial charge in [-0.1, -0.05) is 111 Å². The van der Waals surface area contributed by atoms with Crippen molar-refractivity contribution < 1.29 is 9.47 Å². The molecule has 0 saturated carbocycles. The van der Waals surface area contributed by atoms with Crippen molar-refractivity contribution in [2.75, 3.05) is 9.80 Å². The van der Waals surface area contributed by atoms with Gasteiger partial charge in [-0.25, -0.2) is 0 Å². The Balaban J connectivity index is 1.05. The van der Waals surface area contributed by atoms with E-state index < -0.39 is 0 Å². The summed E-state index contributed by atoms with van der Waals surface area (Å²) in [6.45, 7) is 4.64. The van der Waals surface area contributed by atoms with Gasteiger partial charge in [0.2, 0.25) is 0 Å². The van der Waals surface area contributed by atoms with Crippen molar-refractivity contribution in [1.82, 2.24) is 0 Å². The predicted octanol–water partition coefficient (Wildman–Crippen LogP) is 11.7. The summed E-state index contributed by atoms with van der Waals surface area (Å²) in [5, 5.41) is 0. The molecule has 0 amide bonds. The fourth-order valence-corrected chi connectivity index (χ4v) is 9.11. The average molecular weight is 721 g/mol. The van der Waals surface area contributed by atoms with E-state index in [1.807, 2.05) is 6.07 Å². The fourth-order valence-electron chi connectivity index (χ4n) is 9.11. The SMILES string of the molecule is CC1(C)c2cc(N(c3ccccc3)c3ccccc3)ccc2-c2cc3c(cc21)Oc1cccc2c1B3c1ccc(N(c3ccccc3)c3ccccc3)cc1O2. The van der Waals surface area contributed by atoms with Crippen LogP contribution >= 0.6 is 0 Å². The molecule has 8 aromatic carbocycles. The van der Waals surface area contributed by atoms with E-state index in [4.69, 9.17) is 9.47 Å². The Morgan fingerprint density at radius 2 is 0.839 bits per heavy atom. The van der Waals surface area contributed by atoms with Crippen LogP contribution in [0.1, 0.15) is 25.0 Å². The van der Waals surface area contributed by atoms with Gasteiger partial charge in [-0.3, -0.25) is 0 Å². The van der Waals surface area contributed by atoms with Gasteiger partial charge < -0.3 is 19.3 Å². The number of benzene rings is 8. The molecule has 0 fully saturated rings. The first kappa shape index (κ1) is 32.5. The number of hydrogen-bond donors (Lipinski definition) is 0. The molecule has 56 heavy (non-hydrogen) atoms. The van der Waals surface area contributed by atoms with Crippen molar-refractivity contribution in [3.8, 4) is 34.1 Å². The van der Waals surface area contributed by atoms with Crippen LogP contribution in [0.4, 0.5) is 34.1 Å². The van der Waals surface area contributed by atoms with Crippen LogP contribution in [-0.4, -0.2) is 6.71 Å². The standard InChI is InChI=1S/C51H37BN2O2/c1-51(2)42-30-38(53(34-16-7-3-8-17-34)35-18-9-4-10-19-35)26-28-40(42)41-32-45-49(33-43(41)51)56-47-25-15-24-46-50(47)52(45)44-29-27-39(31-48(44)55-46)54(36-20-11-5-12-21-36)37-22-13-6-14-23-37/h3-33H,1-2H3. The summed E-state index contributed by atoms with van der Waals surface area (Å²) in [5.41, 5.74) is 14.8. The second kappa shape index (κ2) is 12.5. The largest absolute Gasteiger partial charge is 0.458 e. The van der Waals surface area contributed by atoms with Crippen molar-refractivity contribution in [3.63, 3.8) is 0 Å². The topological polar surface area (TPSA) is 24.9 Å². The molecule has 0 spiro atoms. The first-order valence-corrected chi connectivity index (χ1v) is 19.3. The summed E-state index contributed by atoms with van der Waals surface area (Å²) in [5.74, 6) is 3.44. The number of nitrogens with zero attached hydrogens (tertiary/aromatic N) is 2. The highest BCUT2D eigenvalue weighted by atomic mass is 16.5. The summed E-state index contributed by atoms with van der Waals surface area (Å²) in [4.78, 5) is 4.62. The number of fused-ring (bicyclic) bond motifs is 7. The summed E-state index contributed by atoms with van der Waals surface area (Å²) in [7, 11) is 0. The molecule has 4 nitrogen and oxygen atoms in total. The quantitative estimate of drug-likeness (QED) is 0.160. The van der Waals surface area contributed by atoms with E-state index in [9.17, 15) is 0 Å². The summed E-state index contributed by atoms with van der Waals surface area (Å²) < 4.78 is 13.6. The van der Waals surface area contributed by atoms with Crippen molar-refractivity contribution in [2.24, 2.45) is 0 Å². The average Bonchev–Trinajstić information content (AvgIpc) is 3.46. The van der Waals surface area contributed by atoms with Gasteiger partial charge >= 0.3 is 0 Å². The van der Waals surface area contributed by atoms with E-state index in [0.717, 1.165) is 73.5 Å². The third-order valence-electron chi connectivity index (χ3n) is 11.7. The minimum atomic E-state index is -0.249. The zero-order valence-electron chi connectivity index (χ0n) is 31.2. The van der Waals surface area contributed by atoms with E-state index in [0.29, 0.717) is 0 Å². The number of ether oxygens (including phenoxy) is 2. The molecular formula is C51H37BN2O2. The molecule has 0 N–H and O–H groups in total. The molecule has 3 aliphatic rings. The van der Waals surface area contributed by atoms with E-state index in [1.165, 1.54) is 22.3 Å². The van der Waals surface area contributed by atoms with Gasteiger partial charge in [0.05, 0.1) is 0 Å². The van der Waals surface area contributed by atoms with Crippen LogP contribution in [0.3, 0.4) is 0 Å². The molecule has 2 heterocycles. The number of anilines is 6. The smallest absolute Gasteiger partial charge is 0.260 e. The number of rotatable bonds is 6. The highest BCUT2D eigenvalue weighted by molar-refractivity contribution is 6.98. The van der Waals surface area contributed by atoms with Gasteiger partial charge in [0.25, 0.3) is 6.71 Å². The Bertz CT molecular complexity index is 2710. The normalized spacial score (nSPS) is 13.6. The molecular weight excluding hydrogens is 683 g/mol. The third-order valence-corrected chi connectivity index (χ3v) is 11.7. The lowest BCUT2D eigenvalue weighted by molar-refractivity contribution is 0.463. The highest BCUT2D eigenvalue weighted by Crippen LogP contribution is 2.52. The lowest BCUT2D eigenvalue weighted by atomic mass is 9.34. The second-order valence-corrected chi connectivity index (χ2v) is 15.3. The zero-order valence-corrected chi connectivity index (χ0v) is 31.2. The Morgan fingerprint density at radius 1 is 0.375 bits per heavy atom. The van der Waals surface area contributed by atoms with Crippen LogP contribution in [0.2, 0.25) is 0 Å². The molecule has 0 aromatic heterocycles. The maximum Gasteiger partial charge on any atom is 0.260 e. The minimum Gasteiger partial charge on any atom is -0.458 e. The minimum absolute atomic E-state index is 0.0481. The Hall–Kier alpha value is -6.98. The zero-order chi connectivity index (χ0) is 37.4. The molecule has 1 aliphatic carbocycles. The number of hydrogen-bond acceptors (Lipinski definition) is 4. The summed E-state index contributed by atoms with van der Waals surface area (Å²) in [6, 6.07) is 66.8. The molecule has 11 rings (SSSR count). The second-order valence-electron chi connectivity index (χ2n) is 15.3. The Kier molecular flexibility index (Phi) is 7.27. The van der Waals surface area contributed by atoms with E-state index in [-0.39, 0.29) is 12.1 Å². The molecule has 8 aromatic rings. The monoisotopic (exact) mass is 720 g/mol. The Morgan fingerprint density at radius 3 is 1.38 bits per heavy atom. The molecule has 0 bridgehead atoms. The summed E-state index contributed by atoms with van der Waals surface area (Å²) >= 11 is 0. The van der Waals surface area contributed by atoms with Crippen molar-refractivity contribution >= 4 is 57.2 Å². The maximum absolute atomic E-state index is 6.82. The van der Waals surface area contributed by atoms with Crippen molar-refractivity contribution in [3.05, 3.63) is 199 Å². The van der Waals surface area contributed by atoms with Gasteiger partial charge in [0, 0.05) is 51.1 Å². The highest BCUT2D eigenvalue weighted by Gasteiger charge is 2.44. The lowest BCUT2D eigenvalue weighted by Crippen LogP contribution is -2.57. The maximum atomic E-state index is 6.82. The molecule has 0 radical (unpaired) electrons. The lowest BCUT2D eigenvalue weighted by Gasteiger charge is -2.34. The van der Waals surface area contributed by atoms with E-state index >= 15 is 0 Å². The van der Waals surface area contributed by atoms with Crippen LogP contribution in [0.5, 0.6) is 23.0 Å². The van der Waals surface area contributed by atoms with Crippen LogP contribution < -0.4 is 35.7 Å².